The van der Waals surface area contributed by atoms with Crippen molar-refractivity contribution in [2.45, 2.75) is 43.3 Å². The minimum absolute atomic E-state index is 0.0172. The van der Waals surface area contributed by atoms with Gasteiger partial charge in [-0.15, -0.1) is 0 Å². The number of carboxylic acids is 1. The third kappa shape index (κ3) is 3.81. The number of carbonyl (C=O) groups excluding carboxylic acids is 2. The first-order chi connectivity index (χ1) is 16.5. The highest BCUT2D eigenvalue weighted by atomic mass is 16.5. The Hall–Kier alpha value is -3.39. The Bertz CT molecular complexity index is 1070. The van der Waals surface area contributed by atoms with Gasteiger partial charge in [0, 0.05) is 25.1 Å². The molecule has 8 nitrogen and oxygen atoms in total. The number of fused-ring (bicyclic) bond motifs is 5. The molecule has 2 aromatic rings. The molecule has 2 N–H and O–H groups in total. The molecule has 1 aliphatic carbocycles. The summed E-state index contributed by atoms with van der Waals surface area (Å²) in [6.07, 6.45) is 1.21. The summed E-state index contributed by atoms with van der Waals surface area (Å²) in [4.78, 5) is 39.2. The average Bonchev–Trinajstić information content (AvgIpc) is 3.52. The van der Waals surface area contributed by atoms with Crippen LogP contribution in [-0.2, 0) is 19.1 Å². The Morgan fingerprint density at radius 3 is 2.29 bits per heavy atom. The van der Waals surface area contributed by atoms with E-state index in [-0.39, 0.29) is 37.1 Å². The van der Waals surface area contributed by atoms with Gasteiger partial charge in [-0.25, -0.2) is 4.79 Å². The zero-order valence-electron chi connectivity index (χ0n) is 19.0. The number of carbonyl (C=O) groups is 3. The fraction of sp³-hybridized carbons (Fsp3) is 0.423. The van der Waals surface area contributed by atoms with E-state index in [1.165, 1.54) is 7.11 Å². The normalized spacial score (nSPS) is 23.3. The molecule has 2 saturated heterocycles. The van der Waals surface area contributed by atoms with E-state index in [1.807, 2.05) is 36.4 Å². The molecule has 4 atom stereocenters. The van der Waals surface area contributed by atoms with Crippen molar-refractivity contribution in [3.63, 3.8) is 0 Å². The van der Waals surface area contributed by atoms with Crippen molar-refractivity contribution in [2.24, 2.45) is 5.92 Å². The molecule has 3 unspecified atom stereocenters. The van der Waals surface area contributed by atoms with Crippen molar-refractivity contribution >= 4 is 18.0 Å². The average molecular weight is 465 g/mol. The van der Waals surface area contributed by atoms with Crippen LogP contribution in [0.3, 0.4) is 0 Å². The Labute approximate surface area is 197 Å². The SMILES string of the molecule is COC[C@H](NC(=O)OCC1c2ccccc2-c2ccccc21)C(=O)N1C2CCC1C(C(=O)O)C2. The van der Waals surface area contributed by atoms with Crippen molar-refractivity contribution < 1.29 is 29.0 Å². The van der Waals surface area contributed by atoms with E-state index >= 15 is 0 Å². The topological polar surface area (TPSA) is 105 Å². The molecule has 2 aromatic carbocycles. The largest absolute Gasteiger partial charge is 0.481 e. The van der Waals surface area contributed by atoms with Gasteiger partial charge in [-0.05, 0) is 41.5 Å². The van der Waals surface area contributed by atoms with Crippen molar-refractivity contribution in [3.8, 4) is 11.1 Å². The first-order valence-electron chi connectivity index (χ1n) is 11.6. The van der Waals surface area contributed by atoms with Gasteiger partial charge in [0.1, 0.15) is 12.6 Å². The molecule has 2 heterocycles. The lowest BCUT2D eigenvalue weighted by Crippen LogP contribution is -2.53. The van der Waals surface area contributed by atoms with Gasteiger partial charge in [0.25, 0.3) is 0 Å². The van der Waals surface area contributed by atoms with Crippen molar-refractivity contribution in [2.75, 3.05) is 20.3 Å². The Kier molecular flexibility index (Phi) is 6.00. The number of rotatable bonds is 7. The molecule has 0 aromatic heterocycles. The summed E-state index contributed by atoms with van der Waals surface area (Å²) in [6, 6.07) is 14.8. The first kappa shape index (κ1) is 22.4. The number of nitrogens with zero attached hydrogens (tertiary/aromatic N) is 1. The second-order valence-corrected chi connectivity index (χ2v) is 9.20. The lowest BCUT2D eigenvalue weighted by Gasteiger charge is -2.28. The van der Waals surface area contributed by atoms with E-state index in [0.717, 1.165) is 28.7 Å². The van der Waals surface area contributed by atoms with Crippen molar-refractivity contribution in [3.05, 3.63) is 59.7 Å². The van der Waals surface area contributed by atoms with Crippen molar-refractivity contribution in [1.29, 1.82) is 0 Å². The number of hydrogen-bond acceptors (Lipinski definition) is 5. The number of benzene rings is 2. The standard InChI is InChI=1S/C26H28N2O6/c1-33-14-22(24(29)28-15-10-11-23(28)20(12-15)25(30)31)27-26(32)34-13-21-18-8-4-2-6-16(18)17-7-3-5-9-19(17)21/h2-9,15,20-23H,10-14H2,1H3,(H,27,32)(H,30,31)/t15?,20?,22-,23?/m0/s1. The van der Waals surface area contributed by atoms with E-state index in [4.69, 9.17) is 9.47 Å². The summed E-state index contributed by atoms with van der Waals surface area (Å²) in [5.41, 5.74) is 4.48. The summed E-state index contributed by atoms with van der Waals surface area (Å²) in [5.74, 6) is -1.83. The smallest absolute Gasteiger partial charge is 0.407 e. The van der Waals surface area contributed by atoms with E-state index in [2.05, 4.69) is 17.4 Å². The molecule has 2 fully saturated rings. The molecule has 3 aliphatic rings. The van der Waals surface area contributed by atoms with Crippen LogP contribution in [0.15, 0.2) is 48.5 Å². The second kappa shape index (κ2) is 9.10. The maximum absolute atomic E-state index is 13.3. The summed E-state index contributed by atoms with van der Waals surface area (Å²) < 4.78 is 10.8. The van der Waals surface area contributed by atoms with Gasteiger partial charge in [-0.2, -0.15) is 0 Å². The fourth-order valence-electron chi connectivity index (χ4n) is 5.90. The minimum atomic E-state index is -0.934. The molecule has 0 spiro atoms. The van der Waals surface area contributed by atoms with Crippen LogP contribution >= 0.6 is 0 Å². The quantitative estimate of drug-likeness (QED) is 0.653. The summed E-state index contributed by atoms with van der Waals surface area (Å²) in [5, 5.41) is 12.1. The van der Waals surface area contributed by atoms with Gasteiger partial charge in [-0.3, -0.25) is 9.59 Å². The number of amides is 2. The van der Waals surface area contributed by atoms with Crippen LogP contribution < -0.4 is 5.32 Å². The molecule has 2 amide bonds. The van der Waals surface area contributed by atoms with E-state index < -0.39 is 24.0 Å². The summed E-state index contributed by atoms with van der Waals surface area (Å²) in [6.45, 7) is 0.126. The number of carboxylic acid groups (broad SMARTS) is 1. The highest BCUT2D eigenvalue weighted by Gasteiger charge is 2.52. The van der Waals surface area contributed by atoms with Crippen LogP contribution in [0.1, 0.15) is 36.3 Å². The first-order valence-corrected chi connectivity index (χ1v) is 11.6. The lowest BCUT2D eigenvalue weighted by atomic mass is 9.89. The van der Waals surface area contributed by atoms with E-state index in [0.29, 0.717) is 12.8 Å². The van der Waals surface area contributed by atoms with Crippen LogP contribution in [0, 0.1) is 5.92 Å². The predicted octanol–water partition coefficient (Wildman–Crippen LogP) is 3.00. The molecule has 0 saturated carbocycles. The Morgan fingerprint density at radius 2 is 1.71 bits per heavy atom. The van der Waals surface area contributed by atoms with E-state index in [1.54, 1.807) is 4.90 Å². The monoisotopic (exact) mass is 464 g/mol. The van der Waals surface area contributed by atoms with Gasteiger partial charge in [0.2, 0.25) is 5.91 Å². The number of alkyl carbamates (subject to hydrolysis) is 1. The van der Waals surface area contributed by atoms with Crippen LogP contribution in [0.25, 0.3) is 11.1 Å². The van der Waals surface area contributed by atoms with Gasteiger partial charge in [0.15, 0.2) is 0 Å². The van der Waals surface area contributed by atoms with Gasteiger partial charge in [0.05, 0.1) is 12.5 Å². The fourth-order valence-corrected chi connectivity index (χ4v) is 5.90. The number of methoxy groups -OCH3 is 1. The summed E-state index contributed by atoms with van der Waals surface area (Å²) in [7, 11) is 1.46. The zero-order valence-corrected chi connectivity index (χ0v) is 19.0. The van der Waals surface area contributed by atoms with Crippen LogP contribution in [0.5, 0.6) is 0 Å². The third-order valence-corrected chi connectivity index (χ3v) is 7.38. The van der Waals surface area contributed by atoms with Crippen LogP contribution in [0.4, 0.5) is 4.79 Å². The molecular formula is C26H28N2O6. The Morgan fingerprint density at radius 1 is 1.06 bits per heavy atom. The summed E-state index contributed by atoms with van der Waals surface area (Å²) >= 11 is 0. The lowest BCUT2D eigenvalue weighted by molar-refractivity contribution is -0.143. The van der Waals surface area contributed by atoms with Gasteiger partial charge in [-0.1, -0.05) is 48.5 Å². The molecule has 34 heavy (non-hydrogen) atoms. The van der Waals surface area contributed by atoms with E-state index in [9.17, 15) is 19.5 Å². The van der Waals surface area contributed by atoms with Crippen LogP contribution in [-0.4, -0.2) is 66.4 Å². The zero-order chi connectivity index (χ0) is 23.8. The molecule has 178 valence electrons. The number of nitrogens with one attached hydrogen (secondary N) is 1. The second-order valence-electron chi connectivity index (χ2n) is 9.20. The number of hydrogen-bond donors (Lipinski definition) is 2. The number of aliphatic carboxylic acids is 1. The molecule has 0 radical (unpaired) electrons. The van der Waals surface area contributed by atoms with Gasteiger partial charge >= 0.3 is 12.1 Å². The predicted molar refractivity (Wildman–Crippen MR) is 123 cm³/mol. The van der Waals surface area contributed by atoms with Crippen LogP contribution in [0.2, 0.25) is 0 Å². The van der Waals surface area contributed by atoms with Gasteiger partial charge < -0.3 is 24.8 Å². The molecular weight excluding hydrogens is 436 g/mol. The highest BCUT2D eigenvalue weighted by molar-refractivity contribution is 5.88. The molecule has 5 rings (SSSR count). The maximum Gasteiger partial charge on any atom is 0.407 e. The highest BCUT2D eigenvalue weighted by Crippen LogP contribution is 2.45. The molecule has 2 aliphatic heterocycles. The maximum atomic E-state index is 13.3. The molecule has 2 bridgehead atoms. The minimum Gasteiger partial charge on any atom is -0.481 e. The number of ether oxygens (including phenoxy) is 2. The molecule has 8 heteroatoms. The Balaban J connectivity index is 1.26. The third-order valence-electron chi connectivity index (χ3n) is 7.38. The van der Waals surface area contributed by atoms with Crippen molar-refractivity contribution in [1.82, 2.24) is 10.2 Å².